The maximum Gasteiger partial charge on any atom is 0.227 e. The molecule has 0 atom stereocenters. The summed E-state index contributed by atoms with van der Waals surface area (Å²) in [7, 11) is 0. The Kier molecular flexibility index (Phi) is 4.19. The first kappa shape index (κ1) is 14.0. The molecule has 19 heavy (non-hydrogen) atoms. The number of nitrogens with zero attached hydrogens (tertiary/aromatic N) is 3. The van der Waals surface area contributed by atoms with E-state index in [1.807, 2.05) is 6.92 Å². The van der Waals surface area contributed by atoms with Gasteiger partial charge in [-0.05, 0) is 12.8 Å². The average Bonchev–Trinajstić information content (AvgIpc) is 2.80. The monoisotopic (exact) mass is 267 g/mol. The lowest BCUT2D eigenvalue weighted by Crippen LogP contribution is -2.63. The molecule has 1 amide bonds. The molecule has 0 bridgehead atoms. The third-order valence-corrected chi connectivity index (χ3v) is 3.52. The van der Waals surface area contributed by atoms with Crippen LogP contribution in [0.25, 0.3) is 0 Å². The summed E-state index contributed by atoms with van der Waals surface area (Å²) in [5.74, 6) is 1.26. The number of aliphatic hydroxyl groups is 1. The van der Waals surface area contributed by atoms with Gasteiger partial charge in [0.1, 0.15) is 0 Å². The molecule has 0 radical (unpaired) electrons. The van der Waals surface area contributed by atoms with E-state index in [-0.39, 0.29) is 5.91 Å². The summed E-state index contributed by atoms with van der Waals surface area (Å²) in [6, 6.07) is 0. The van der Waals surface area contributed by atoms with Crippen LogP contribution in [0.15, 0.2) is 4.52 Å². The van der Waals surface area contributed by atoms with Gasteiger partial charge < -0.3 is 14.5 Å². The molecule has 1 saturated heterocycles. The smallest absolute Gasteiger partial charge is 0.227 e. The summed E-state index contributed by atoms with van der Waals surface area (Å²) in [5, 5.41) is 13.7. The molecule has 0 aromatic carbocycles. The van der Waals surface area contributed by atoms with Gasteiger partial charge in [0.2, 0.25) is 11.8 Å². The van der Waals surface area contributed by atoms with Gasteiger partial charge in [-0.3, -0.25) is 4.79 Å². The lowest BCUT2D eigenvalue weighted by atomic mass is 9.91. The summed E-state index contributed by atoms with van der Waals surface area (Å²) in [6.07, 6.45) is 3.28. The molecule has 0 spiro atoms. The number of hydrogen-bond donors (Lipinski definition) is 1. The Labute approximate surface area is 112 Å². The number of hydrogen-bond acceptors (Lipinski definition) is 5. The summed E-state index contributed by atoms with van der Waals surface area (Å²) in [6.45, 7) is 4.86. The molecule has 0 aliphatic carbocycles. The molecular weight excluding hydrogens is 246 g/mol. The van der Waals surface area contributed by atoms with Crippen LogP contribution in [0.5, 0.6) is 0 Å². The largest absolute Gasteiger partial charge is 0.386 e. The Morgan fingerprint density at radius 3 is 2.79 bits per heavy atom. The summed E-state index contributed by atoms with van der Waals surface area (Å²) in [4.78, 5) is 17.8. The number of likely N-dealkylation sites (tertiary alicyclic amines) is 1. The second kappa shape index (κ2) is 5.69. The van der Waals surface area contributed by atoms with Gasteiger partial charge in [-0.1, -0.05) is 19.0 Å². The molecule has 106 valence electrons. The fourth-order valence-electron chi connectivity index (χ4n) is 2.15. The summed E-state index contributed by atoms with van der Waals surface area (Å²) >= 11 is 0. The van der Waals surface area contributed by atoms with Crippen molar-refractivity contribution in [1.82, 2.24) is 15.0 Å². The third-order valence-electron chi connectivity index (χ3n) is 3.52. The van der Waals surface area contributed by atoms with E-state index in [4.69, 9.17) is 4.52 Å². The molecule has 2 rings (SSSR count). The molecule has 0 saturated carbocycles. The van der Waals surface area contributed by atoms with Crippen molar-refractivity contribution in [3.63, 3.8) is 0 Å². The second-order valence-corrected chi connectivity index (χ2v) is 5.18. The van der Waals surface area contributed by atoms with Crippen LogP contribution in [0.4, 0.5) is 0 Å². The van der Waals surface area contributed by atoms with E-state index in [2.05, 4.69) is 17.1 Å². The van der Waals surface area contributed by atoms with Crippen molar-refractivity contribution in [3.8, 4) is 0 Å². The summed E-state index contributed by atoms with van der Waals surface area (Å²) in [5.41, 5.74) is -0.672. The van der Waals surface area contributed by atoms with Crippen LogP contribution in [-0.4, -0.2) is 44.7 Å². The highest BCUT2D eigenvalue weighted by Gasteiger charge is 2.41. The first-order chi connectivity index (χ1) is 9.06. The molecule has 1 aliphatic heterocycles. The maximum atomic E-state index is 11.9. The topological polar surface area (TPSA) is 79.5 Å². The molecule has 1 aromatic heterocycles. The highest BCUT2D eigenvalue weighted by atomic mass is 16.5. The lowest BCUT2D eigenvalue weighted by molar-refractivity contribution is -0.155. The Morgan fingerprint density at radius 2 is 2.16 bits per heavy atom. The fourth-order valence-corrected chi connectivity index (χ4v) is 2.15. The van der Waals surface area contributed by atoms with Gasteiger partial charge >= 0.3 is 0 Å². The number of rotatable bonds is 6. The minimum atomic E-state index is -0.672. The van der Waals surface area contributed by atoms with E-state index in [1.165, 1.54) is 0 Å². The lowest BCUT2D eigenvalue weighted by Gasteiger charge is -2.46. The number of aryl methyl sites for hydroxylation is 2. The van der Waals surface area contributed by atoms with Gasteiger partial charge in [0.05, 0.1) is 18.7 Å². The Balaban J connectivity index is 1.75. The number of β-amino-alcohol motifs (C(OH)–C–C–N with tert-alkyl or cyclic N) is 1. The van der Waals surface area contributed by atoms with Gasteiger partial charge in [-0.25, -0.2) is 0 Å². The predicted octanol–water partition coefficient (Wildman–Crippen LogP) is 0.938. The van der Waals surface area contributed by atoms with Gasteiger partial charge in [0, 0.05) is 19.3 Å². The van der Waals surface area contributed by atoms with E-state index in [0.29, 0.717) is 44.1 Å². The quantitative estimate of drug-likeness (QED) is 0.829. The first-order valence-corrected chi connectivity index (χ1v) is 6.88. The van der Waals surface area contributed by atoms with E-state index >= 15 is 0 Å². The standard InChI is InChI=1S/C13H21N3O3/c1-3-5-10-14-11(19-15-10)6-7-12(17)16-8-13(18,4-2)9-16/h18H,3-9H2,1-2H3. The predicted molar refractivity (Wildman–Crippen MR) is 68.4 cm³/mol. The van der Waals surface area contributed by atoms with Crippen LogP contribution >= 0.6 is 0 Å². The second-order valence-electron chi connectivity index (χ2n) is 5.18. The van der Waals surface area contributed by atoms with Crippen molar-refractivity contribution in [2.24, 2.45) is 0 Å². The van der Waals surface area contributed by atoms with Crippen LogP contribution in [0.2, 0.25) is 0 Å². The molecule has 1 fully saturated rings. The SMILES string of the molecule is CCCc1noc(CCC(=O)N2CC(O)(CC)C2)n1. The van der Waals surface area contributed by atoms with E-state index < -0.39 is 5.60 Å². The van der Waals surface area contributed by atoms with Crippen LogP contribution in [0.3, 0.4) is 0 Å². The molecule has 1 aliphatic rings. The number of amides is 1. The van der Waals surface area contributed by atoms with Crippen molar-refractivity contribution in [2.75, 3.05) is 13.1 Å². The van der Waals surface area contributed by atoms with Crippen molar-refractivity contribution >= 4 is 5.91 Å². The molecular formula is C13H21N3O3. The van der Waals surface area contributed by atoms with Crippen LogP contribution in [-0.2, 0) is 17.6 Å². The molecule has 6 nitrogen and oxygen atoms in total. The van der Waals surface area contributed by atoms with Gasteiger partial charge in [-0.2, -0.15) is 4.98 Å². The maximum absolute atomic E-state index is 11.9. The highest BCUT2D eigenvalue weighted by molar-refractivity contribution is 5.77. The Hall–Kier alpha value is -1.43. The normalized spacial score (nSPS) is 17.3. The van der Waals surface area contributed by atoms with Crippen molar-refractivity contribution < 1.29 is 14.4 Å². The minimum absolute atomic E-state index is 0.0355. The van der Waals surface area contributed by atoms with Crippen molar-refractivity contribution in [3.05, 3.63) is 11.7 Å². The van der Waals surface area contributed by atoms with E-state index in [0.717, 1.165) is 12.8 Å². The number of aromatic nitrogens is 2. The van der Waals surface area contributed by atoms with Crippen LogP contribution in [0, 0.1) is 0 Å². The molecule has 6 heteroatoms. The van der Waals surface area contributed by atoms with Crippen LogP contribution < -0.4 is 0 Å². The average molecular weight is 267 g/mol. The molecule has 1 N–H and O–H groups in total. The zero-order chi connectivity index (χ0) is 13.9. The molecule has 1 aromatic rings. The third kappa shape index (κ3) is 3.32. The first-order valence-electron chi connectivity index (χ1n) is 6.88. The van der Waals surface area contributed by atoms with Gasteiger partial charge in [0.15, 0.2) is 5.82 Å². The Morgan fingerprint density at radius 1 is 1.42 bits per heavy atom. The number of carbonyl (C=O) groups excluding carboxylic acids is 1. The molecule has 0 unspecified atom stereocenters. The highest BCUT2D eigenvalue weighted by Crippen LogP contribution is 2.24. The van der Waals surface area contributed by atoms with Gasteiger partial charge in [0.25, 0.3) is 0 Å². The minimum Gasteiger partial charge on any atom is -0.386 e. The Bertz CT molecular complexity index is 438. The zero-order valence-electron chi connectivity index (χ0n) is 11.6. The fraction of sp³-hybridized carbons (Fsp3) is 0.769. The zero-order valence-corrected chi connectivity index (χ0v) is 11.6. The molecule has 2 heterocycles. The van der Waals surface area contributed by atoms with E-state index in [1.54, 1.807) is 4.90 Å². The summed E-state index contributed by atoms with van der Waals surface area (Å²) < 4.78 is 5.08. The van der Waals surface area contributed by atoms with E-state index in [9.17, 15) is 9.90 Å². The van der Waals surface area contributed by atoms with Gasteiger partial charge in [-0.15, -0.1) is 0 Å². The van der Waals surface area contributed by atoms with Crippen LogP contribution in [0.1, 0.15) is 44.8 Å². The number of carbonyl (C=O) groups is 1. The van der Waals surface area contributed by atoms with Crippen molar-refractivity contribution in [2.45, 2.75) is 51.6 Å². The van der Waals surface area contributed by atoms with Crippen molar-refractivity contribution in [1.29, 1.82) is 0 Å².